The summed E-state index contributed by atoms with van der Waals surface area (Å²) < 4.78 is 0.744. The van der Waals surface area contributed by atoms with E-state index in [0.717, 1.165) is 15.8 Å². The van der Waals surface area contributed by atoms with E-state index in [9.17, 15) is 9.59 Å². The summed E-state index contributed by atoms with van der Waals surface area (Å²) in [4.78, 5) is 33.4. The smallest absolute Gasteiger partial charge is 0.329 e. The molecule has 0 bridgehead atoms. The number of carbonyl (C=O) groups excluding carboxylic acids is 2. The van der Waals surface area contributed by atoms with Crippen LogP contribution < -0.4 is 26.6 Å². The number of benzene rings is 1. The summed E-state index contributed by atoms with van der Waals surface area (Å²) in [5.41, 5.74) is 6.63. The normalized spacial score (nSPS) is 13.7. The van der Waals surface area contributed by atoms with Crippen LogP contribution in [0.2, 0.25) is 0 Å². The number of nitrogens with zero attached hydrogens (tertiary/aromatic N) is 3. The Bertz CT molecular complexity index is 814. The van der Waals surface area contributed by atoms with Crippen molar-refractivity contribution in [1.82, 2.24) is 15.3 Å². The van der Waals surface area contributed by atoms with E-state index in [-0.39, 0.29) is 12.5 Å². The van der Waals surface area contributed by atoms with Crippen molar-refractivity contribution in [3.63, 3.8) is 0 Å². The third kappa shape index (κ3) is 4.09. The van der Waals surface area contributed by atoms with Crippen molar-refractivity contribution in [2.45, 2.75) is 6.42 Å². The van der Waals surface area contributed by atoms with E-state index in [1.807, 2.05) is 0 Å². The Morgan fingerprint density at radius 2 is 2.19 bits per heavy atom. The van der Waals surface area contributed by atoms with E-state index < -0.39 is 6.03 Å². The van der Waals surface area contributed by atoms with E-state index in [0.29, 0.717) is 36.2 Å². The van der Waals surface area contributed by atoms with Crippen molar-refractivity contribution in [3.05, 3.63) is 34.9 Å². The van der Waals surface area contributed by atoms with Gasteiger partial charge in [0.05, 0.1) is 16.7 Å². The van der Waals surface area contributed by atoms with Crippen LogP contribution in [0.15, 0.2) is 34.9 Å². The van der Waals surface area contributed by atoms with Gasteiger partial charge >= 0.3 is 6.03 Å². The minimum Gasteiger partial charge on any atom is -0.369 e. The van der Waals surface area contributed by atoms with Crippen molar-refractivity contribution >= 4 is 51.0 Å². The minimum atomic E-state index is -0.432. The van der Waals surface area contributed by atoms with Crippen LogP contribution in [0.3, 0.4) is 0 Å². The number of imide groups is 1. The summed E-state index contributed by atoms with van der Waals surface area (Å²) in [7, 11) is 0. The maximum absolute atomic E-state index is 11.8. The molecule has 0 radical (unpaired) electrons. The molecule has 2 aromatic rings. The summed E-state index contributed by atoms with van der Waals surface area (Å²) in [5, 5.41) is 8.76. The zero-order valence-electron chi connectivity index (χ0n) is 13.8. The van der Waals surface area contributed by atoms with Crippen LogP contribution in [0.4, 0.5) is 27.9 Å². The Balaban J connectivity index is 1.77. The Kier molecular flexibility index (Phi) is 5.64. The van der Waals surface area contributed by atoms with Gasteiger partial charge in [0.2, 0.25) is 5.95 Å². The Hall–Kier alpha value is -2.72. The largest absolute Gasteiger partial charge is 0.369 e. The summed E-state index contributed by atoms with van der Waals surface area (Å²) in [6.45, 7) is 1.30. The Morgan fingerprint density at radius 1 is 1.35 bits per heavy atom. The van der Waals surface area contributed by atoms with Crippen LogP contribution in [-0.4, -0.2) is 41.5 Å². The molecule has 1 aliphatic heterocycles. The third-order valence-electron chi connectivity index (χ3n) is 3.62. The van der Waals surface area contributed by atoms with Crippen molar-refractivity contribution in [3.8, 4) is 0 Å². The first-order valence-electron chi connectivity index (χ1n) is 8.03. The number of halogens is 1. The van der Waals surface area contributed by atoms with Crippen LogP contribution in [-0.2, 0) is 4.79 Å². The number of rotatable bonds is 7. The van der Waals surface area contributed by atoms with Crippen LogP contribution in [0.5, 0.6) is 0 Å². The highest BCUT2D eigenvalue weighted by atomic mass is 79.9. The average Bonchev–Trinajstić information content (AvgIpc) is 2.96. The second-order valence-electron chi connectivity index (χ2n) is 5.52. The van der Waals surface area contributed by atoms with Gasteiger partial charge in [-0.3, -0.25) is 4.79 Å². The van der Waals surface area contributed by atoms with Gasteiger partial charge in [-0.2, -0.15) is 4.98 Å². The first kappa shape index (κ1) is 18.1. The number of hydrogen-bond acceptors (Lipinski definition) is 7. The van der Waals surface area contributed by atoms with Crippen molar-refractivity contribution in [1.29, 1.82) is 0 Å². The molecule has 0 spiro atoms. The molecule has 2 heterocycles. The van der Waals surface area contributed by atoms with E-state index in [1.165, 1.54) is 0 Å². The molecule has 3 amide bonds. The molecule has 136 valence electrons. The van der Waals surface area contributed by atoms with Gasteiger partial charge in [-0.15, -0.1) is 0 Å². The number of urea groups is 1. The summed E-state index contributed by atoms with van der Waals surface area (Å²) in [6, 6.07) is 6.50. The van der Waals surface area contributed by atoms with Crippen LogP contribution in [0, 0.1) is 0 Å². The predicted molar refractivity (Wildman–Crippen MR) is 103 cm³/mol. The molecule has 5 N–H and O–H groups in total. The van der Waals surface area contributed by atoms with E-state index in [4.69, 9.17) is 5.73 Å². The molecule has 0 saturated carbocycles. The standard InChI is InChI=1S/C16H18BrN7O2/c17-12-8-20-15(23-14(12)19-6-2-5-18)22-10-3-1-4-11(7-10)24-13(25)9-21-16(24)26/h1,3-4,7-8H,2,5-6,9,18H2,(H,21,26)(H2,19,20,22,23). The Labute approximate surface area is 158 Å². The fraction of sp³-hybridized carbons (Fsp3) is 0.250. The highest BCUT2D eigenvalue weighted by Gasteiger charge is 2.29. The zero-order valence-corrected chi connectivity index (χ0v) is 15.4. The molecule has 1 aromatic heterocycles. The molecule has 9 nitrogen and oxygen atoms in total. The lowest BCUT2D eigenvalue weighted by Crippen LogP contribution is -2.30. The second-order valence-corrected chi connectivity index (χ2v) is 6.38. The number of carbonyl (C=O) groups is 2. The SMILES string of the molecule is NCCCNc1nc(Nc2cccc(N3C(=O)CNC3=O)c2)ncc1Br. The zero-order chi connectivity index (χ0) is 18.5. The van der Waals surface area contributed by atoms with Gasteiger partial charge in [0, 0.05) is 18.4 Å². The highest BCUT2D eigenvalue weighted by Crippen LogP contribution is 2.25. The molecular weight excluding hydrogens is 402 g/mol. The van der Waals surface area contributed by atoms with Crippen molar-refractivity contribution in [2.24, 2.45) is 5.73 Å². The quantitative estimate of drug-likeness (QED) is 0.398. The van der Waals surface area contributed by atoms with Gasteiger partial charge in [0.1, 0.15) is 5.82 Å². The molecule has 10 heteroatoms. The van der Waals surface area contributed by atoms with Gasteiger partial charge in [-0.25, -0.2) is 14.7 Å². The number of amides is 3. The second kappa shape index (κ2) is 8.11. The molecule has 0 unspecified atom stereocenters. The number of nitrogens with one attached hydrogen (secondary N) is 3. The van der Waals surface area contributed by atoms with Crippen molar-refractivity contribution in [2.75, 3.05) is 35.2 Å². The first-order chi connectivity index (χ1) is 12.6. The minimum absolute atomic E-state index is 0.00411. The van der Waals surface area contributed by atoms with Gasteiger partial charge in [-0.05, 0) is 47.1 Å². The molecule has 1 fully saturated rings. The number of nitrogens with two attached hydrogens (primary N) is 1. The van der Waals surface area contributed by atoms with Gasteiger partial charge in [-0.1, -0.05) is 6.07 Å². The van der Waals surface area contributed by atoms with Crippen molar-refractivity contribution < 1.29 is 9.59 Å². The third-order valence-corrected chi connectivity index (χ3v) is 4.20. The lowest BCUT2D eigenvalue weighted by Gasteiger charge is -2.14. The van der Waals surface area contributed by atoms with Gasteiger partial charge in [0.25, 0.3) is 5.91 Å². The first-order valence-corrected chi connectivity index (χ1v) is 8.82. The topological polar surface area (TPSA) is 125 Å². The van der Waals surface area contributed by atoms with Crippen LogP contribution in [0.25, 0.3) is 0 Å². The molecule has 0 aliphatic carbocycles. The average molecular weight is 420 g/mol. The summed E-state index contributed by atoms with van der Waals surface area (Å²) in [6.07, 6.45) is 2.47. The molecule has 0 atom stereocenters. The Morgan fingerprint density at radius 3 is 2.92 bits per heavy atom. The summed E-state index contributed by atoms with van der Waals surface area (Å²) in [5.74, 6) is 0.748. The summed E-state index contributed by atoms with van der Waals surface area (Å²) >= 11 is 3.40. The monoisotopic (exact) mass is 419 g/mol. The maximum Gasteiger partial charge on any atom is 0.329 e. The van der Waals surface area contributed by atoms with Crippen LogP contribution in [0.1, 0.15) is 6.42 Å². The van der Waals surface area contributed by atoms with E-state index >= 15 is 0 Å². The van der Waals surface area contributed by atoms with Gasteiger partial charge in [0.15, 0.2) is 0 Å². The predicted octanol–water partition coefficient (Wildman–Crippen LogP) is 1.80. The number of hydrogen-bond donors (Lipinski definition) is 4. The molecular formula is C16H18BrN7O2. The maximum atomic E-state index is 11.8. The molecule has 26 heavy (non-hydrogen) atoms. The lowest BCUT2D eigenvalue weighted by atomic mass is 10.2. The lowest BCUT2D eigenvalue weighted by molar-refractivity contribution is -0.115. The molecule has 3 rings (SSSR count). The van der Waals surface area contributed by atoms with E-state index in [1.54, 1.807) is 30.5 Å². The number of anilines is 4. The molecule has 1 saturated heterocycles. The van der Waals surface area contributed by atoms with Gasteiger partial charge < -0.3 is 21.7 Å². The molecule has 1 aromatic carbocycles. The highest BCUT2D eigenvalue weighted by molar-refractivity contribution is 9.10. The number of aromatic nitrogens is 2. The molecule has 1 aliphatic rings. The van der Waals surface area contributed by atoms with E-state index in [2.05, 4.69) is 41.8 Å². The van der Waals surface area contributed by atoms with Crippen LogP contribution >= 0.6 is 15.9 Å². The fourth-order valence-corrected chi connectivity index (χ4v) is 2.73. The fourth-order valence-electron chi connectivity index (χ4n) is 2.40.